The van der Waals surface area contributed by atoms with Gasteiger partial charge in [-0.15, -0.1) is 0 Å². The molecule has 3 N–H and O–H groups in total. The first-order valence-electron chi connectivity index (χ1n) is 9.19. The number of fused-ring (bicyclic) bond motifs is 5. The number of nitrogens with two attached hydrogens (primary N) is 1. The van der Waals surface area contributed by atoms with Gasteiger partial charge in [0.25, 0.3) is 0 Å². The van der Waals surface area contributed by atoms with E-state index in [0.717, 1.165) is 36.6 Å². The second-order valence-electron chi connectivity index (χ2n) is 8.77. The minimum absolute atomic E-state index is 0.102. The third-order valence-corrected chi connectivity index (χ3v) is 8.17. The fourth-order valence-electron chi connectivity index (χ4n) is 6.83. The lowest BCUT2D eigenvalue weighted by Crippen LogP contribution is -2.59. The summed E-state index contributed by atoms with van der Waals surface area (Å²) in [6.07, 6.45) is 11.8. The van der Waals surface area contributed by atoms with Crippen LogP contribution >= 0.6 is 0 Å². The van der Waals surface area contributed by atoms with E-state index in [1.807, 2.05) is 0 Å². The van der Waals surface area contributed by atoms with Gasteiger partial charge >= 0.3 is 0 Å². The average Bonchev–Trinajstić information content (AvgIpc) is 2.84. The van der Waals surface area contributed by atoms with Gasteiger partial charge in [0.1, 0.15) is 0 Å². The molecule has 0 bridgehead atoms. The van der Waals surface area contributed by atoms with Crippen LogP contribution in [0.25, 0.3) is 0 Å². The minimum Gasteiger partial charge on any atom is -0.349 e. The van der Waals surface area contributed by atoms with E-state index in [4.69, 9.17) is 5.73 Å². The molecule has 0 spiro atoms. The molecule has 1 amide bonds. The van der Waals surface area contributed by atoms with E-state index in [1.165, 1.54) is 32.1 Å². The summed E-state index contributed by atoms with van der Waals surface area (Å²) in [7, 11) is 0. The van der Waals surface area contributed by atoms with Crippen molar-refractivity contribution in [2.45, 2.75) is 58.4 Å². The zero-order valence-electron chi connectivity index (χ0n) is 14.0. The first-order valence-corrected chi connectivity index (χ1v) is 9.19. The molecule has 3 nitrogen and oxygen atoms in total. The number of carbonyl (C=O) groups is 1. The van der Waals surface area contributed by atoms with Crippen molar-refractivity contribution in [1.29, 1.82) is 0 Å². The molecule has 4 aliphatic rings. The van der Waals surface area contributed by atoms with Crippen LogP contribution in [0.1, 0.15) is 52.4 Å². The Kier molecular flexibility index (Phi) is 3.24. The zero-order chi connectivity index (χ0) is 15.5. The first-order chi connectivity index (χ1) is 10.5. The van der Waals surface area contributed by atoms with E-state index >= 15 is 0 Å². The summed E-state index contributed by atoms with van der Waals surface area (Å²) in [5, 5.41) is 3.24. The molecule has 0 saturated heterocycles. The lowest BCUT2D eigenvalue weighted by Gasteiger charge is -2.58. The monoisotopic (exact) mass is 302 g/mol. The molecule has 3 aliphatic carbocycles. The van der Waals surface area contributed by atoms with Gasteiger partial charge in [-0.25, -0.2) is 0 Å². The van der Waals surface area contributed by atoms with E-state index in [1.54, 1.807) is 6.08 Å². The van der Waals surface area contributed by atoms with Gasteiger partial charge in [-0.05, 0) is 80.2 Å². The third kappa shape index (κ3) is 1.81. The number of amides is 1. The highest BCUT2D eigenvalue weighted by Gasteiger charge is 2.59. The predicted molar refractivity (Wildman–Crippen MR) is 88.0 cm³/mol. The molecule has 22 heavy (non-hydrogen) atoms. The first kappa shape index (κ1) is 14.7. The van der Waals surface area contributed by atoms with Crippen LogP contribution < -0.4 is 11.1 Å². The molecule has 0 aromatic rings. The van der Waals surface area contributed by atoms with Gasteiger partial charge in [-0.2, -0.15) is 0 Å². The normalized spacial score (nSPS) is 53.4. The van der Waals surface area contributed by atoms with Gasteiger partial charge in [0.2, 0.25) is 5.91 Å². The summed E-state index contributed by atoms with van der Waals surface area (Å²) in [5.74, 6) is 3.24. The Bertz CT molecular complexity index is 516. The number of carbonyl (C=O) groups excluding carboxylic acids is 1. The van der Waals surface area contributed by atoms with Crippen LogP contribution in [0.5, 0.6) is 0 Å². The Morgan fingerprint density at radius 3 is 2.77 bits per heavy atom. The van der Waals surface area contributed by atoms with E-state index < -0.39 is 0 Å². The highest BCUT2D eigenvalue weighted by molar-refractivity contribution is 5.89. The molecule has 0 radical (unpaired) electrons. The Morgan fingerprint density at radius 2 is 2.00 bits per heavy atom. The number of nitrogens with one attached hydrogen (secondary N) is 1. The van der Waals surface area contributed by atoms with Crippen molar-refractivity contribution < 1.29 is 4.79 Å². The SMILES string of the molecule is CC12C=CC(=O)NC1CCC1C2CCC2(C)C(CN)CCC12. The number of hydrogen-bond acceptors (Lipinski definition) is 2. The van der Waals surface area contributed by atoms with Crippen molar-refractivity contribution in [2.75, 3.05) is 6.54 Å². The zero-order valence-corrected chi connectivity index (χ0v) is 14.0. The molecule has 7 atom stereocenters. The Morgan fingerprint density at radius 1 is 1.18 bits per heavy atom. The van der Waals surface area contributed by atoms with Gasteiger partial charge in [0.15, 0.2) is 0 Å². The van der Waals surface area contributed by atoms with Crippen molar-refractivity contribution in [3.05, 3.63) is 12.2 Å². The fraction of sp³-hybridized carbons (Fsp3) is 0.842. The maximum Gasteiger partial charge on any atom is 0.243 e. The lowest BCUT2D eigenvalue weighted by molar-refractivity contribution is -0.122. The van der Waals surface area contributed by atoms with E-state index in [-0.39, 0.29) is 11.3 Å². The van der Waals surface area contributed by atoms with Gasteiger partial charge in [-0.3, -0.25) is 4.79 Å². The molecule has 4 rings (SSSR count). The maximum absolute atomic E-state index is 11.7. The van der Waals surface area contributed by atoms with Gasteiger partial charge in [0.05, 0.1) is 0 Å². The second kappa shape index (κ2) is 4.83. The van der Waals surface area contributed by atoms with E-state index in [9.17, 15) is 4.79 Å². The van der Waals surface area contributed by atoms with Gasteiger partial charge in [0, 0.05) is 11.5 Å². The van der Waals surface area contributed by atoms with Crippen LogP contribution in [0, 0.1) is 34.5 Å². The minimum atomic E-state index is 0.102. The molecular weight excluding hydrogens is 272 g/mol. The van der Waals surface area contributed by atoms with Crippen molar-refractivity contribution in [3.8, 4) is 0 Å². The fourth-order valence-corrected chi connectivity index (χ4v) is 6.83. The molecule has 0 aromatic carbocycles. The third-order valence-electron chi connectivity index (χ3n) is 8.17. The summed E-state index contributed by atoms with van der Waals surface area (Å²) in [5.41, 5.74) is 6.72. The molecule has 3 fully saturated rings. The van der Waals surface area contributed by atoms with Crippen LogP contribution in [0.15, 0.2) is 12.2 Å². The topological polar surface area (TPSA) is 55.1 Å². The van der Waals surface area contributed by atoms with Crippen molar-refractivity contribution in [3.63, 3.8) is 0 Å². The van der Waals surface area contributed by atoms with Gasteiger partial charge < -0.3 is 11.1 Å². The molecule has 3 saturated carbocycles. The Hall–Kier alpha value is -0.830. The van der Waals surface area contributed by atoms with Crippen molar-refractivity contribution >= 4 is 5.91 Å². The van der Waals surface area contributed by atoms with Crippen LogP contribution in [0.4, 0.5) is 0 Å². The average molecular weight is 302 g/mol. The smallest absolute Gasteiger partial charge is 0.243 e. The van der Waals surface area contributed by atoms with Crippen molar-refractivity contribution in [1.82, 2.24) is 5.32 Å². The van der Waals surface area contributed by atoms with Gasteiger partial charge in [-0.1, -0.05) is 19.9 Å². The quantitative estimate of drug-likeness (QED) is 0.782. The van der Waals surface area contributed by atoms with Crippen LogP contribution in [-0.2, 0) is 4.79 Å². The summed E-state index contributed by atoms with van der Waals surface area (Å²) >= 11 is 0. The largest absolute Gasteiger partial charge is 0.349 e. The van der Waals surface area contributed by atoms with Crippen LogP contribution in [0.2, 0.25) is 0 Å². The molecule has 1 aliphatic heterocycles. The van der Waals surface area contributed by atoms with E-state index in [0.29, 0.717) is 11.5 Å². The second-order valence-corrected chi connectivity index (χ2v) is 8.77. The molecular formula is C19H30N2O. The molecule has 122 valence electrons. The van der Waals surface area contributed by atoms with E-state index in [2.05, 4.69) is 25.2 Å². The molecule has 0 aromatic heterocycles. The summed E-state index contributed by atoms with van der Waals surface area (Å²) in [4.78, 5) is 11.7. The number of rotatable bonds is 1. The summed E-state index contributed by atoms with van der Waals surface area (Å²) in [6, 6.07) is 0.349. The lowest BCUT2D eigenvalue weighted by atomic mass is 9.48. The highest BCUT2D eigenvalue weighted by atomic mass is 16.1. The van der Waals surface area contributed by atoms with Crippen LogP contribution in [-0.4, -0.2) is 18.5 Å². The van der Waals surface area contributed by atoms with Crippen molar-refractivity contribution in [2.24, 2.45) is 40.2 Å². The molecule has 3 heteroatoms. The summed E-state index contributed by atoms with van der Waals surface area (Å²) < 4.78 is 0. The molecule has 1 heterocycles. The standard InChI is InChI=1S/C19H30N2O/c1-18-9-7-15-13(14(18)5-3-12(18)11-20)4-6-16-19(15,2)10-8-17(22)21-16/h8,10,12-16H,3-7,9,11,20H2,1-2H3,(H,21,22). The van der Waals surface area contributed by atoms with Crippen LogP contribution in [0.3, 0.4) is 0 Å². The number of hydrogen-bond donors (Lipinski definition) is 2. The predicted octanol–water partition coefficient (Wildman–Crippen LogP) is 2.86. The molecule has 7 unspecified atom stereocenters. The Labute approximate surface area is 134 Å². The maximum atomic E-state index is 11.7. The highest BCUT2D eigenvalue weighted by Crippen LogP contribution is 2.64. The Balaban J connectivity index is 1.66. The summed E-state index contributed by atoms with van der Waals surface area (Å²) in [6.45, 7) is 5.77.